The van der Waals surface area contributed by atoms with Gasteiger partial charge in [0.15, 0.2) is 0 Å². The molecule has 0 bridgehead atoms. The van der Waals surface area contributed by atoms with Crippen molar-refractivity contribution in [2.75, 3.05) is 13.1 Å². The van der Waals surface area contributed by atoms with Crippen molar-refractivity contribution in [2.45, 2.75) is 32.6 Å². The van der Waals surface area contributed by atoms with Crippen LogP contribution in [0.2, 0.25) is 0 Å². The highest BCUT2D eigenvalue weighted by Gasteiger charge is 2.29. The summed E-state index contributed by atoms with van der Waals surface area (Å²) in [5.41, 5.74) is 1.08. The van der Waals surface area contributed by atoms with Crippen LogP contribution in [0.15, 0.2) is 0 Å². The van der Waals surface area contributed by atoms with Gasteiger partial charge in [-0.15, -0.1) is 11.3 Å². The predicted molar refractivity (Wildman–Crippen MR) is 58.9 cm³/mol. The Morgan fingerprint density at radius 3 is 2.40 bits per heavy atom. The van der Waals surface area contributed by atoms with E-state index in [0.29, 0.717) is 13.1 Å². The van der Waals surface area contributed by atoms with E-state index in [9.17, 15) is 10.2 Å². The second-order valence-electron chi connectivity index (χ2n) is 4.08. The molecule has 1 aromatic heterocycles. The van der Waals surface area contributed by atoms with E-state index in [1.54, 1.807) is 11.3 Å². The first kappa shape index (κ1) is 11.0. The highest BCUT2D eigenvalue weighted by molar-refractivity contribution is 7.11. The molecular formula is C10H16N2O2S. The molecule has 0 aliphatic carbocycles. The maximum absolute atomic E-state index is 9.40. The smallest absolute Gasteiger partial charge is 0.107 e. The van der Waals surface area contributed by atoms with Crippen molar-refractivity contribution in [3.8, 4) is 0 Å². The number of aryl methyl sites for hydroxylation is 2. The fourth-order valence-electron chi connectivity index (χ4n) is 1.77. The Hall–Kier alpha value is -0.490. The molecule has 4 nitrogen and oxygen atoms in total. The third-order valence-corrected chi connectivity index (χ3v) is 3.82. The molecule has 1 aliphatic rings. The van der Waals surface area contributed by atoms with Crippen LogP contribution in [-0.4, -0.2) is 45.4 Å². The van der Waals surface area contributed by atoms with Gasteiger partial charge >= 0.3 is 0 Å². The molecule has 0 amide bonds. The normalized spacial score (nSPS) is 27.5. The average Bonchev–Trinajstić information content (AvgIpc) is 2.59. The summed E-state index contributed by atoms with van der Waals surface area (Å²) in [5, 5.41) is 19.9. The minimum atomic E-state index is -0.604. The molecule has 2 rings (SSSR count). The number of nitrogens with zero attached hydrogens (tertiary/aromatic N) is 2. The Balaban J connectivity index is 1.98. The molecule has 1 aliphatic heterocycles. The summed E-state index contributed by atoms with van der Waals surface area (Å²) in [6, 6.07) is 0. The van der Waals surface area contributed by atoms with Gasteiger partial charge in [0.2, 0.25) is 0 Å². The van der Waals surface area contributed by atoms with Crippen molar-refractivity contribution >= 4 is 11.3 Å². The lowest BCUT2D eigenvalue weighted by atomic mass is 10.3. The monoisotopic (exact) mass is 228 g/mol. The predicted octanol–water partition coefficient (Wildman–Crippen LogP) is 0.297. The zero-order valence-corrected chi connectivity index (χ0v) is 9.79. The summed E-state index contributed by atoms with van der Waals surface area (Å²) < 4.78 is 0. The summed E-state index contributed by atoms with van der Waals surface area (Å²) >= 11 is 1.69. The number of aliphatic hydroxyl groups excluding tert-OH is 2. The van der Waals surface area contributed by atoms with Crippen molar-refractivity contribution in [1.29, 1.82) is 0 Å². The maximum atomic E-state index is 9.40. The van der Waals surface area contributed by atoms with Gasteiger partial charge in [-0.2, -0.15) is 0 Å². The van der Waals surface area contributed by atoms with E-state index in [0.717, 1.165) is 17.2 Å². The Bertz CT molecular complexity index is 324. The third kappa shape index (κ3) is 2.36. The van der Waals surface area contributed by atoms with E-state index in [1.165, 1.54) is 4.88 Å². The van der Waals surface area contributed by atoms with Crippen LogP contribution in [0.1, 0.15) is 15.6 Å². The lowest BCUT2D eigenvalue weighted by Crippen LogP contribution is -2.22. The molecule has 15 heavy (non-hydrogen) atoms. The Kier molecular flexibility index (Phi) is 3.06. The highest BCUT2D eigenvalue weighted by Crippen LogP contribution is 2.20. The van der Waals surface area contributed by atoms with E-state index in [4.69, 9.17) is 0 Å². The lowest BCUT2D eigenvalue weighted by Gasteiger charge is -2.11. The van der Waals surface area contributed by atoms with E-state index >= 15 is 0 Å². The minimum absolute atomic E-state index is 0.541. The van der Waals surface area contributed by atoms with Crippen molar-refractivity contribution in [3.05, 3.63) is 15.6 Å². The first-order chi connectivity index (χ1) is 7.06. The van der Waals surface area contributed by atoms with Crippen molar-refractivity contribution in [3.63, 3.8) is 0 Å². The number of thiazole rings is 1. The molecular weight excluding hydrogens is 212 g/mol. The summed E-state index contributed by atoms with van der Waals surface area (Å²) in [6.07, 6.45) is -1.21. The SMILES string of the molecule is Cc1nc(CN2C[C@@H](O)[C@@H](O)C2)sc1C. The summed E-state index contributed by atoms with van der Waals surface area (Å²) in [4.78, 5) is 7.71. The van der Waals surface area contributed by atoms with Gasteiger partial charge in [0, 0.05) is 18.0 Å². The van der Waals surface area contributed by atoms with Crippen molar-refractivity contribution in [2.24, 2.45) is 0 Å². The van der Waals surface area contributed by atoms with E-state index < -0.39 is 12.2 Å². The molecule has 5 heteroatoms. The number of β-amino-alcohol motifs (C(OH)–C–C–N with tert-alkyl or cyclic N) is 2. The molecule has 2 atom stereocenters. The molecule has 1 fully saturated rings. The topological polar surface area (TPSA) is 56.6 Å². The standard InChI is InChI=1S/C10H16N2O2S/c1-6-7(2)15-10(11-6)5-12-3-8(13)9(14)4-12/h8-9,13-14H,3-5H2,1-2H3/t8-,9+. The fourth-order valence-corrected chi connectivity index (χ4v) is 2.75. The quantitative estimate of drug-likeness (QED) is 0.764. The van der Waals surface area contributed by atoms with Gasteiger partial charge in [0.25, 0.3) is 0 Å². The molecule has 0 unspecified atom stereocenters. The zero-order valence-electron chi connectivity index (χ0n) is 8.97. The number of likely N-dealkylation sites (tertiary alicyclic amines) is 1. The molecule has 84 valence electrons. The Labute approximate surface area is 93.2 Å². The van der Waals surface area contributed by atoms with Crippen LogP contribution >= 0.6 is 11.3 Å². The molecule has 2 N–H and O–H groups in total. The molecule has 2 heterocycles. The Morgan fingerprint density at radius 1 is 1.33 bits per heavy atom. The van der Waals surface area contributed by atoms with Gasteiger partial charge in [-0.05, 0) is 13.8 Å². The molecule has 0 aromatic carbocycles. The number of aromatic nitrogens is 1. The van der Waals surface area contributed by atoms with E-state index in [1.807, 2.05) is 11.8 Å². The van der Waals surface area contributed by atoms with Crippen LogP contribution < -0.4 is 0 Å². The summed E-state index contributed by atoms with van der Waals surface area (Å²) in [5.74, 6) is 0. The third-order valence-electron chi connectivity index (χ3n) is 2.77. The average molecular weight is 228 g/mol. The van der Waals surface area contributed by atoms with Gasteiger partial charge in [-0.3, -0.25) is 4.90 Å². The second-order valence-corrected chi connectivity index (χ2v) is 5.37. The molecule has 1 aromatic rings. The van der Waals surface area contributed by atoms with Gasteiger partial charge in [0.05, 0.1) is 24.4 Å². The molecule has 0 saturated carbocycles. The number of rotatable bonds is 2. The van der Waals surface area contributed by atoms with Gasteiger partial charge in [-0.25, -0.2) is 4.98 Å². The van der Waals surface area contributed by atoms with E-state index in [-0.39, 0.29) is 0 Å². The first-order valence-corrected chi connectivity index (χ1v) is 5.89. The summed E-state index contributed by atoms with van der Waals surface area (Å²) in [6.45, 7) is 5.87. The van der Waals surface area contributed by atoms with Crippen LogP contribution in [0.25, 0.3) is 0 Å². The van der Waals surface area contributed by atoms with E-state index in [2.05, 4.69) is 11.9 Å². The number of hydrogen-bond acceptors (Lipinski definition) is 5. The first-order valence-electron chi connectivity index (χ1n) is 5.07. The molecule has 0 spiro atoms. The number of aliphatic hydroxyl groups is 2. The number of hydrogen-bond donors (Lipinski definition) is 2. The van der Waals surface area contributed by atoms with Crippen molar-refractivity contribution < 1.29 is 10.2 Å². The van der Waals surface area contributed by atoms with Crippen LogP contribution in [0.5, 0.6) is 0 Å². The molecule has 1 saturated heterocycles. The Morgan fingerprint density at radius 2 is 1.93 bits per heavy atom. The largest absolute Gasteiger partial charge is 0.389 e. The second kappa shape index (κ2) is 4.17. The van der Waals surface area contributed by atoms with Crippen LogP contribution in [0.3, 0.4) is 0 Å². The summed E-state index contributed by atoms with van der Waals surface area (Å²) in [7, 11) is 0. The molecule has 0 radical (unpaired) electrons. The minimum Gasteiger partial charge on any atom is -0.389 e. The fraction of sp³-hybridized carbons (Fsp3) is 0.700. The van der Waals surface area contributed by atoms with Crippen LogP contribution in [0.4, 0.5) is 0 Å². The van der Waals surface area contributed by atoms with Crippen molar-refractivity contribution in [1.82, 2.24) is 9.88 Å². The van der Waals surface area contributed by atoms with Gasteiger partial charge in [0.1, 0.15) is 5.01 Å². The highest BCUT2D eigenvalue weighted by atomic mass is 32.1. The zero-order chi connectivity index (χ0) is 11.0. The van der Waals surface area contributed by atoms with Gasteiger partial charge < -0.3 is 10.2 Å². The van der Waals surface area contributed by atoms with Crippen LogP contribution in [0, 0.1) is 13.8 Å². The van der Waals surface area contributed by atoms with Gasteiger partial charge in [-0.1, -0.05) is 0 Å². The lowest BCUT2D eigenvalue weighted by molar-refractivity contribution is 0.0572. The van der Waals surface area contributed by atoms with Crippen LogP contribution in [-0.2, 0) is 6.54 Å². The maximum Gasteiger partial charge on any atom is 0.107 e.